The quantitative estimate of drug-likeness (QED) is 0.622. The van der Waals surface area contributed by atoms with Gasteiger partial charge in [0, 0.05) is 16.6 Å². The third-order valence-corrected chi connectivity index (χ3v) is 4.93. The molecule has 10 heteroatoms. The fourth-order valence-electron chi connectivity index (χ4n) is 2.84. The zero-order valence-corrected chi connectivity index (χ0v) is 17.0. The molecule has 0 saturated carbocycles. The summed E-state index contributed by atoms with van der Waals surface area (Å²) in [7, 11) is 0. The fraction of sp³-hybridized carbons (Fsp3) is 0.300. The lowest BCUT2D eigenvalue weighted by Crippen LogP contribution is -2.35. The summed E-state index contributed by atoms with van der Waals surface area (Å²) in [5.41, 5.74) is 0.347. The molecule has 160 valence electrons. The number of hydrogen-bond acceptors (Lipinski definition) is 6. The Balaban J connectivity index is 1.89. The molecule has 6 nitrogen and oxygen atoms in total. The smallest absolute Gasteiger partial charge is 0.406 e. The van der Waals surface area contributed by atoms with E-state index in [1.54, 1.807) is 17.5 Å². The van der Waals surface area contributed by atoms with Gasteiger partial charge in [-0.25, -0.2) is 0 Å². The summed E-state index contributed by atoms with van der Waals surface area (Å²) >= 11 is 1.28. The van der Waals surface area contributed by atoms with Crippen LogP contribution in [0.25, 0.3) is 5.57 Å². The number of alkyl halides is 3. The predicted octanol–water partition coefficient (Wildman–Crippen LogP) is 4.26. The van der Waals surface area contributed by atoms with E-state index in [2.05, 4.69) is 10.1 Å². The molecule has 0 fully saturated rings. The molecule has 0 atom stereocenters. The van der Waals surface area contributed by atoms with Gasteiger partial charge in [-0.15, -0.1) is 24.5 Å². The topological polar surface area (TPSA) is 67.9 Å². The van der Waals surface area contributed by atoms with Crippen molar-refractivity contribution >= 4 is 34.4 Å². The number of carbonyl (C=O) groups is 2. The monoisotopic (exact) mass is 440 g/mol. The molecule has 30 heavy (non-hydrogen) atoms. The van der Waals surface area contributed by atoms with Gasteiger partial charge in [-0.2, -0.15) is 0 Å². The first-order chi connectivity index (χ1) is 14.2. The van der Waals surface area contributed by atoms with Crippen molar-refractivity contribution in [1.82, 2.24) is 4.90 Å². The van der Waals surface area contributed by atoms with Gasteiger partial charge in [0.05, 0.1) is 24.8 Å². The van der Waals surface area contributed by atoms with Crippen LogP contribution in [-0.2, 0) is 14.3 Å². The molecule has 1 aliphatic rings. The van der Waals surface area contributed by atoms with Crippen molar-refractivity contribution < 1.29 is 32.2 Å². The van der Waals surface area contributed by atoms with Crippen LogP contribution in [0.4, 0.5) is 18.9 Å². The minimum Gasteiger partial charge on any atom is -0.406 e. The van der Waals surface area contributed by atoms with E-state index < -0.39 is 23.9 Å². The van der Waals surface area contributed by atoms with Gasteiger partial charge >= 0.3 is 6.36 Å². The van der Waals surface area contributed by atoms with Crippen LogP contribution in [0.3, 0.4) is 0 Å². The molecule has 1 aromatic heterocycles. The highest BCUT2D eigenvalue weighted by atomic mass is 32.1. The molecular formula is C20H19F3N2O4S. The van der Waals surface area contributed by atoms with Crippen LogP contribution in [0, 0.1) is 0 Å². The van der Waals surface area contributed by atoms with Crippen LogP contribution in [0.15, 0.2) is 47.5 Å². The Labute approximate surface area is 174 Å². The zero-order chi connectivity index (χ0) is 21.9. The van der Waals surface area contributed by atoms with Gasteiger partial charge in [-0.05, 0) is 37.4 Å². The van der Waals surface area contributed by atoms with E-state index in [0.717, 1.165) is 17.0 Å². The minimum absolute atomic E-state index is 0.00356. The highest BCUT2D eigenvalue weighted by Crippen LogP contribution is 2.33. The number of amides is 2. The summed E-state index contributed by atoms with van der Waals surface area (Å²) in [6.07, 6.45) is -4.90. The number of benzene rings is 1. The molecule has 1 N–H and O–H groups in total. The molecule has 2 heterocycles. The summed E-state index contributed by atoms with van der Waals surface area (Å²) in [5, 5.41) is 4.56. The summed E-state index contributed by atoms with van der Waals surface area (Å²) in [6, 6.07) is 8.52. The molecule has 1 aromatic carbocycles. The van der Waals surface area contributed by atoms with Crippen LogP contribution in [0.1, 0.15) is 18.7 Å². The molecule has 2 amide bonds. The molecule has 0 aliphatic carbocycles. The van der Waals surface area contributed by atoms with Gasteiger partial charge in [0.1, 0.15) is 11.4 Å². The number of halogens is 3. The molecule has 0 unspecified atom stereocenters. The maximum Gasteiger partial charge on any atom is 0.573 e. The number of hydrogen-bond donors (Lipinski definition) is 1. The highest BCUT2D eigenvalue weighted by molar-refractivity contribution is 7.11. The van der Waals surface area contributed by atoms with E-state index in [1.165, 1.54) is 23.5 Å². The number of anilines is 1. The largest absolute Gasteiger partial charge is 0.573 e. The average molecular weight is 440 g/mol. The van der Waals surface area contributed by atoms with Gasteiger partial charge in [0.25, 0.3) is 11.8 Å². The lowest BCUT2D eigenvalue weighted by molar-refractivity contribution is -0.274. The number of carbonyl (C=O) groups excluding carboxylic acids is 2. The Bertz CT molecular complexity index is 955. The van der Waals surface area contributed by atoms with Gasteiger partial charge in [0.2, 0.25) is 0 Å². The summed E-state index contributed by atoms with van der Waals surface area (Å²) < 4.78 is 46.8. The Morgan fingerprint density at radius 3 is 2.53 bits per heavy atom. The first kappa shape index (κ1) is 21.8. The van der Waals surface area contributed by atoms with Crippen molar-refractivity contribution in [3.05, 3.63) is 52.4 Å². The number of nitrogens with one attached hydrogen (secondary N) is 1. The molecule has 0 bridgehead atoms. The van der Waals surface area contributed by atoms with Gasteiger partial charge in [-0.3, -0.25) is 14.5 Å². The van der Waals surface area contributed by atoms with Crippen molar-refractivity contribution in [3.63, 3.8) is 0 Å². The fourth-order valence-corrected chi connectivity index (χ4v) is 3.61. The van der Waals surface area contributed by atoms with Crippen molar-refractivity contribution in [2.75, 3.05) is 18.5 Å². The van der Waals surface area contributed by atoms with E-state index >= 15 is 0 Å². The molecule has 1 aliphatic heterocycles. The molecule has 0 saturated heterocycles. The number of imide groups is 1. The number of nitrogens with zero attached hydrogens (tertiary/aromatic N) is 1. The SMILES string of the molecule is CC(C)OCCN1C(=O)C(Nc2cccc(OC(F)(F)F)c2)=C(c2cccs2)C1=O. The lowest BCUT2D eigenvalue weighted by atomic mass is 10.2. The minimum atomic E-state index is -4.84. The van der Waals surface area contributed by atoms with E-state index in [-0.39, 0.29) is 36.2 Å². The lowest BCUT2D eigenvalue weighted by Gasteiger charge is -2.16. The Morgan fingerprint density at radius 1 is 1.13 bits per heavy atom. The molecule has 3 rings (SSSR count). The first-order valence-corrected chi connectivity index (χ1v) is 9.92. The standard InChI is InChI=1S/C20H19F3N2O4S/c1-12(2)28-9-8-25-18(26)16(15-7-4-10-30-15)17(19(25)27)24-13-5-3-6-14(11-13)29-20(21,22)23/h3-7,10-12,24H,8-9H2,1-2H3. The molecule has 2 aromatic rings. The van der Waals surface area contributed by atoms with Crippen molar-refractivity contribution in [2.45, 2.75) is 26.3 Å². The second-order valence-corrected chi connectivity index (χ2v) is 7.56. The summed E-state index contributed by atoms with van der Waals surface area (Å²) in [5.74, 6) is -1.50. The van der Waals surface area contributed by atoms with Crippen molar-refractivity contribution in [1.29, 1.82) is 0 Å². The molecule has 0 radical (unpaired) electrons. The summed E-state index contributed by atoms with van der Waals surface area (Å²) in [4.78, 5) is 27.5. The van der Waals surface area contributed by atoms with Crippen LogP contribution in [0.5, 0.6) is 5.75 Å². The van der Waals surface area contributed by atoms with Gasteiger partial charge < -0.3 is 14.8 Å². The second-order valence-electron chi connectivity index (χ2n) is 6.61. The van der Waals surface area contributed by atoms with Crippen molar-refractivity contribution in [3.8, 4) is 5.75 Å². The maximum absolute atomic E-state index is 12.9. The molecule has 0 spiro atoms. The number of ether oxygens (including phenoxy) is 2. The Hall–Kier alpha value is -2.85. The van der Waals surface area contributed by atoms with E-state index in [4.69, 9.17) is 4.74 Å². The first-order valence-electron chi connectivity index (χ1n) is 9.04. The zero-order valence-electron chi connectivity index (χ0n) is 16.2. The number of rotatable bonds is 8. The summed E-state index contributed by atoms with van der Waals surface area (Å²) in [6.45, 7) is 3.92. The van der Waals surface area contributed by atoms with Gasteiger partial charge in [0.15, 0.2) is 0 Å². The van der Waals surface area contributed by atoms with Crippen LogP contribution >= 0.6 is 11.3 Å². The number of thiophene rings is 1. The second kappa shape index (κ2) is 8.88. The Kier molecular flexibility index (Phi) is 6.47. The van der Waals surface area contributed by atoms with Crippen molar-refractivity contribution in [2.24, 2.45) is 0 Å². The Morgan fingerprint density at radius 2 is 1.90 bits per heavy atom. The third kappa shape index (κ3) is 5.19. The van der Waals surface area contributed by atoms with Gasteiger partial charge in [-0.1, -0.05) is 12.1 Å². The van der Waals surface area contributed by atoms with Crippen LogP contribution in [0.2, 0.25) is 0 Å². The third-order valence-electron chi connectivity index (χ3n) is 4.04. The molecular weight excluding hydrogens is 421 g/mol. The van der Waals surface area contributed by atoms with Crippen LogP contribution in [-0.4, -0.2) is 42.3 Å². The normalized spacial score (nSPS) is 14.8. The van der Waals surface area contributed by atoms with E-state index in [1.807, 2.05) is 13.8 Å². The van der Waals surface area contributed by atoms with E-state index in [9.17, 15) is 22.8 Å². The van der Waals surface area contributed by atoms with Crippen LogP contribution < -0.4 is 10.1 Å². The average Bonchev–Trinajstić information content (AvgIpc) is 3.23. The maximum atomic E-state index is 12.9. The van der Waals surface area contributed by atoms with E-state index in [0.29, 0.717) is 4.88 Å². The predicted molar refractivity (Wildman–Crippen MR) is 106 cm³/mol. The highest BCUT2D eigenvalue weighted by Gasteiger charge is 2.39.